The van der Waals surface area contributed by atoms with Crippen LogP contribution in [-0.2, 0) is 10.0 Å². The summed E-state index contributed by atoms with van der Waals surface area (Å²) in [5, 5.41) is 2.94. The minimum absolute atomic E-state index is 0.0487. The fraction of sp³-hybridized carbons (Fsp3) is 0.182. The van der Waals surface area contributed by atoms with E-state index in [9.17, 15) is 17.6 Å². The molecule has 1 aliphatic heterocycles. The summed E-state index contributed by atoms with van der Waals surface area (Å²) < 4.78 is 41.7. The summed E-state index contributed by atoms with van der Waals surface area (Å²) in [6.45, 7) is 1.87. The lowest BCUT2D eigenvalue weighted by Gasteiger charge is -2.17. The summed E-state index contributed by atoms with van der Waals surface area (Å²) >= 11 is 6.05. The molecule has 1 amide bonds. The van der Waals surface area contributed by atoms with Crippen LogP contribution < -0.4 is 14.9 Å². The number of pyridine rings is 1. The Kier molecular flexibility index (Phi) is 6.29. The van der Waals surface area contributed by atoms with Crippen LogP contribution in [0.1, 0.15) is 23.2 Å². The molecule has 1 aliphatic rings. The van der Waals surface area contributed by atoms with Crippen molar-refractivity contribution in [3.8, 4) is 0 Å². The number of nitrogens with zero attached hydrogens (tertiary/aromatic N) is 2. The molecule has 4 rings (SSSR count). The molecule has 0 unspecified atom stereocenters. The van der Waals surface area contributed by atoms with E-state index in [2.05, 4.69) is 19.9 Å². The third kappa shape index (κ3) is 4.84. The van der Waals surface area contributed by atoms with Crippen molar-refractivity contribution in [1.29, 1.82) is 0 Å². The molecule has 0 spiro atoms. The molecule has 0 bridgehead atoms. The number of sulfonamides is 1. The molecule has 1 aromatic heterocycles. The van der Waals surface area contributed by atoms with E-state index < -0.39 is 26.6 Å². The number of carbonyl (C=O) groups is 1. The average Bonchev–Trinajstić information content (AvgIpc) is 3.31. The molecule has 166 valence electrons. The molecule has 10 heteroatoms. The molecule has 3 aromatic rings. The molecule has 2 heterocycles. The van der Waals surface area contributed by atoms with E-state index in [1.165, 1.54) is 36.5 Å². The van der Waals surface area contributed by atoms with Gasteiger partial charge < -0.3 is 10.2 Å². The zero-order valence-electron chi connectivity index (χ0n) is 16.9. The highest BCUT2D eigenvalue weighted by Gasteiger charge is 2.21. The zero-order valence-corrected chi connectivity index (χ0v) is 18.5. The Morgan fingerprint density at radius 3 is 2.47 bits per heavy atom. The topological polar surface area (TPSA) is 91.4 Å². The quantitative estimate of drug-likeness (QED) is 0.547. The van der Waals surface area contributed by atoms with Crippen molar-refractivity contribution >= 4 is 44.7 Å². The molecule has 0 radical (unpaired) electrons. The third-order valence-electron chi connectivity index (χ3n) is 5.04. The Morgan fingerprint density at radius 2 is 1.78 bits per heavy atom. The van der Waals surface area contributed by atoms with Gasteiger partial charge in [-0.3, -0.25) is 9.52 Å². The van der Waals surface area contributed by atoms with Crippen LogP contribution in [0, 0.1) is 5.82 Å². The first-order valence-electron chi connectivity index (χ1n) is 9.93. The molecule has 0 saturated carbocycles. The van der Waals surface area contributed by atoms with E-state index in [-0.39, 0.29) is 16.4 Å². The van der Waals surface area contributed by atoms with Crippen molar-refractivity contribution < 1.29 is 17.6 Å². The predicted octanol–water partition coefficient (Wildman–Crippen LogP) is 4.53. The van der Waals surface area contributed by atoms with Gasteiger partial charge in [-0.25, -0.2) is 17.8 Å². The van der Waals surface area contributed by atoms with Crippen LogP contribution in [0.15, 0.2) is 65.7 Å². The molecule has 1 saturated heterocycles. The van der Waals surface area contributed by atoms with Crippen LogP contribution >= 0.6 is 11.6 Å². The van der Waals surface area contributed by atoms with E-state index in [1.807, 2.05) is 0 Å². The van der Waals surface area contributed by atoms with Gasteiger partial charge in [0.25, 0.3) is 15.9 Å². The highest BCUT2D eigenvalue weighted by molar-refractivity contribution is 7.92. The second-order valence-electron chi connectivity index (χ2n) is 7.28. The molecule has 7 nitrogen and oxygen atoms in total. The van der Waals surface area contributed by atoms with Gasteiger partial charge in [0, 0.05) is 24.3 Å². The summed E-state index contributed by atoms with van der Waals surface area (Å²) in [7, 11) is -4.23. The second-order valence-corrected chi connectivity index (χ2v) is 9.37. The number of rotatable bonds is 6. The van der Waals surface area contributed by atoms with Crippen molar-refractivity contribution in [3.63, 3.8) is 0 Å². The van der Waals surface area contributed by atoms with Gasteiger partial charge in [-0.05, 0) is 55.3 Å². The molecular formula is C22H20ClFN4O3S. The van der Waals surface area contributed by atoms with Gasteiger partial charge in [-0.1, -0.05) is 23.7 Å². The summed E-state index contributed by atoms with van der Waals surface area (Å²) in [4.78, 5) is 18.8. The molecule has 0 aliphatic carbocycles. The van der Waals surface area contributed by atoms with Gasteiger partial charge in [0.05, 0.1) is 16.9 Å². The summed E-state index contributed by atoms with van der Waals surface area (Å²) in [5.74, 6) is -0.567. The van der Waals surface area contributed by atoms with Crippen molar-refractivity contribution in [3.05, 3.63) is 77.2 Å². The lowest BCUT2D eigenvalue weighted by Crippen LogP contribution is -2.20. The highest BCUT2D eigenvalue weighted by Crippen LogP contribution is 2.29. The monoisotopic (exact) mass is 474 g/mol. The zero-order chi connectivity index (χ0) is 22.7. The summed E-state index contributed by atoms with van der Waals surface area (Å²) in [6, 6.07) is 12.7. The average molecular weight is 475 g/mol. The van der Waals surface area contributed by atoms with Crippen LogP contribution in [0.5, 0.6) is 0 Å². The molecule has 0 atom stereocenters. The van der Waals surface area contributed by atoms with Crippen molar-refractivity contribution in [2.24, 2.45) is 0 Å². The Hall–Kier alpha value is -3.17. The van der Waals surface area contributed by atoms with Gasteiger partial charge in [0.15, 0.2) is 0 Å². The van der Waals surface area contributed by atoms with Gasteiger partial charge in [0.2, 0.25) is 0 Å². The van der Waals surface area contributed by atoms with Gasteiger partial charge in [0.1, 0.15) is 16.5 Å². The van der Waals surface area contributed by atoms with Crippen molar-refractivity contribution in [1.82, 2.24) is 4.98 Å². The molecule has 2 aromatic carbocycles. The summed E-state index contributed by atoms with van der Waals surface area (Å²) in [6.07, 6.45) is 3.70. The van der Waals surface area contributed by atoms with Crippen molar-refractivity contribution in [2.75, 3.05) is 28.0 Å². The van der Waals surface area contributed by atoms with E-state index in [4.69, 9.17) is 11.6 Å². The predicted molar refractivity (Wildman–Crippen MR) is 122 cm³/mol. The first-order chi connectivity index (χ1) is 15.3. The van der Waals surface area contributed by atoms with Crippen LogP contribution in [0.25, 0.3) is 0 Å². The number of halogens is 2. The largest absolute Gasteiger partial charge is 0.357 e. The van der Waals surface area contributed by atoms with Crippen LogP contribution in [0.2, 0.25) is 5.02 Å². The Bertz CT molecular complexity index is 1250. The number of nitrogens with one attached hydrogen (secondary N) is 2. The third-order valence-corrected chi connectivity index (χ3v) is 6.67. The summed E-state index contributed by atoms with van der Waals surface area (Å²) in [5.41, 5.74) is 0.481. The minimum atomic E-state index is -4.23. The van der Waals surface area contributed by atoms with Gasteiger partial charge >= 0.3 is 0 Å². The number of aromatic nitrogens is 1. The number of amides is 1. The standard InChI is InChI=1S/C22H20ClFN4O3S/c23-16-8-9-18(27-32(30,31)20-6-2-1-5-17(20)24)19(13-16)26-22(29)15-7-10-21(25-14-15)28-11-3-4-12-28/h1-2,5-10,13-14,27H,3-4,11-12H2,(H,26,29). The smallest absolute Gasteiger partial charge is 0.264 e. The van der Waals surface area contributed by atoms with E-state index >= 15 is 0 Å². The minimum Gasteiger partial charge on any atom is -0.357 e. The lowest BCUT2D eigenvalue weighted by molar-refractivity contribution is 0.102. The Balaban J connectivity index is 1.56. The Morgan fingerprint density at radius 1 is 1.03 bits per heavy atom. The van der Waals surface area contributed by atoms with E-state index in [0.29, 0.717) is 5.56 Å². The number of hydrogen-bond donors (Lipinski definition) is 2. The molecule has 32 heavy (non-hydrogen) atoms. The lowest BCUT2D eigenvalue weighted by atomic mass is 10.2. The Labute approximate surface area is 190 Å². The van der Waals surface area contributed by atoms with Crippen LogP contribution in [-0.4, -0.2) is 32.4 Å². The first-order valence-corrected chi connectivity index (χ1v) is 11.8. The molecule has 2 N–H and O–H groups in total. The van der Waals surface area contributed by atoms with Crippen LogP contribution in [0.4, 0.5) is 21.6 Å². The SMILES string of the molecule is O=C(Nc1cc(Cl)ccc1NS(=O)(=O)c1ccccc1F)c1ccc(N2CCCC2)nc1. The maximum atomic E-state index is 14.0. The number of carbonyl (C=O) groups excluding carboxylic acids is 1. The number of hydrogen-bond acceptors (Lipinski definition) is 5. The van der Waals surface area contributed by atoms with E-state index in [1.54, 1.807) is 12.1 Å². The fourth-order valence-electron chi connectivity index (χ4n) is 3.42. The first kappa shape index (κ1) is 22.0. The fourth-order valence-corrected chi connectivity index (χ4v) is 4.75. The maximum Gasteiger partial charge on any atom is 0.264 e. The highest BCUT2D eigenvalue weighted by atomic mass is 35.5. The second kappa shape index (κ2) is 9.13. The van der Waals surface area contributed by atoms with Crippen molar-refractivity contribution in [2.45, 2.75) is 17.7 Å². The van der Waals surface area contributed by atoms with Gasteiger partial charge in [-0.2, -0.15) is 0 Å². The molecule has 1 fully saturated rings. The number of benzene rings is 2. The maximum absolute atomic E-state index is 14.0. The van der Waals surface area contributed by atoms with E-state index in [0.717, 1.165) is 43.9 Å². The van der Waals surface area contributed by atoms with Gasteiger partial charge in [-0.15, -0.1) is 0 Å². The molecular weight excluding hydrogens is 455 g/mol. The van der Waals surface area contributed by atoms with Crippen LogP contribution in [0.3, 0.4) is 0 Å². The number of anilines is 3. The normalized spacial score (nSPS) is 13.8.